The number of hydrogen-bond acceptors (Lipinski definition) is 4. The number of hydrogen-bond donors (Lipinski definition) is 1. The van der Waals surface area contributed by atoms with Gasteiger partial charge in [0, 0.05) is 0 Å². The minimum absolute atomic E-state index is 0.122. The van der Waals surface area contributed by atoms with E-state index < -0.39 is 21.8 Å². The minimum Gasteiger partial charge on any atom is -0.461 e. The highest BCUT2D eigenvalue weighted by Gasteiger charge is 2.55. The Morgan fingerprint density at radius 3 is 2.61 bits per heavy atom. The van der Waals surface area contributed by atoms with Gasteiger partial charge in [0.1, 0.15) is 6.10 Å². The van der Waals surface area contributed by atoms with Gasteiger partial charge in [-0.15, -0.1) is 0 Å². The Kier molecular flexibility index (Phi) is 2.90. The highest BCUT2D eigenvalue weighted by Crippen LogP contribution is 2.59. The first-order chi connectivity index (χ1) is 8.44. The van der Waals surface area contributed by atoms with Crippen molar-refractivity contribution in [1.82, 2.24) is 0 Å². The fourth-order valence-electron chi connectivity index (χ4n) is 4.49. The maximum atomic E-state index is 11.4. The van der Waals surface area contributed by atoms with E-state index >= 15 is 0 Å². The normalized spacial score (nSPS) is 41.9. The highest BCUT2D eigenvalue weighted by atomic mass is 32.2. The van der Waals surface area contributed by atoms with Crippen molar-refractivity contribution >= 4 is 16.1 Å². The van der Waals surface area contributed by atoms with Gasteiger partial charge in [0.15, 0.2) is 5.75 Å². The summed E-state index contributed by atoms with van der Waals surface area (Å²) in [5.74, 6) is 0.830. The molecular weight excluding hydrogens is 256 g/mol. The Bertz CT molecular complexity index is 457. The van der Waals surface area contributed by atoms with Gasteiger partial charge in [-0.1, -0.05) is 6.42 Å². The molecule has 18 heavy (non-hydrogen) atoms. The summed E-state index contributed by atoms with van der Waals surface area (Å²) in [6, 6.07) is 0. The zero-order valence-corrected chi connectivity index (χ0v) is 10.9. The molecule has 0 amide bonds. The molecule has 3 aliphatic carbocycles. The van der Waals surface area contributed by atoms with E-state index in [1.54, 1.807) is 0 Å². The average Bonchev–Trinajstić information content (AvgIpc) is 2.81. The van der Waals surface area contributed by atoms with Gasteiger partial charge in [0.05, 0.1) is 0 Å². The van der Waals surface area contributed by atoms with Gasteiger partial charge in [-0.3, -0.25) is 9.35 Å². The van der Waals surface area contributed by atoms with Crippen LogP contribution in [0.15, 0.2) is 0 Å². The van der Waals surface area contributed by atoms with Crippen LogP contribution in [0.1, 0.15) is 32.1 Å². The molecule has 0 aromatic carbocycles. The predicted molar refractivity (Wildman–Crippen MR) is 63.3 cm³/mol. The number of esters is 1. The molecule has 0 aromatic rings. The zero-order chi connectivity index (χ0) is 12.9. The molecular formula is C12H18O5S. The third kappa shape index (κ3) is 2.16. The number of carbonyl (C=O) groups excluding carboxylic acids is 1. The summed E-state index contributed by atoms with van der Waals surface area (Å²) in [6.45, 7) is 0. The Morgan fingerprint density at radius 1 is 1.17 bits per heavy atom. The van der Waals surface area contributed by atoms with E-state index in [2.05, 4.69) is 0 Å². The lowest BCUT2D eigenvalue weighted by Gasteiger charge is -2.31. The number of ether oxygens (including phenoxy) is 1. The third-order valence-corrected chi connectivity index (χ3v) is 5.55. The summed E-state index contributed by atoms with van der Waals surface area (Å²) in [5, 5.41) is 0. The van der Waals surface area contributed by atoms with Crippen molar-refractivity contribution in [2.24, 2.45) is 23.7 Å². The Balaban J connectivity index is 1.61. The van der Waals surface area contributed by atoms with Crippen molar-refractivity contribution in [3.8, 4) is 0 Å². The largest absolute Gasteiger partial charge is 0.461 e. The molecule has 3 rings (SSSR count). The lowest BCUT2D eigenvalue weighted by atomic mass is 9.80. The van der Waals surface area contributed by atoms with Crippen LogP contribution in [-0.4, -0.2) is 30.8 Å². The molecule has 0 radical (unpaired) electrons. The molecule has 102 valence electrons. The van der Waals surface area contributed by atoms with Crippen LogP contribution < -0.4 is 0 Å². The average molecular weight is 274 g/mol. The van der Waals surface area contributed by atoms with Gasteiger partial charge in [0.25, 0.3) is 10.1 Å². The lowest BCUT2D eigenvalue weighted by Crippen LogP contribution is -2.33. The SMILES string of the molecule is O=C(CS(=O)(=O)O)OC1CC2CC1C1CCCC21. The maximum Gasteiger partial charge on any atom is 0.323 e. The maximum absolute atomic E-state index is 11.4. The van der Waals surface area contributed by atoms with Crippen LogP contribution >= 0.6 is 0 Å². The van der Waals surface area contributed by atoms with Crippen molar-refractivity contribution in [3.63, 3.8) is 0 Å². The van der Waals surface area contributed by atoms with Gasteiger partial charge in [0.2, 0.25) is 0 Å². The first-order valence-corrected chi connectivity index (χ1v) is 8.19. The molecule has 0 aromatic heterocycles. The molecule has 5 nitrogen and oxygen atoms in total. The molecule has 0 saturated heterocycles. The molecule has 2 bridgehead atoms. The van der Waals surface area contributed by atoms with Crippen molar-refractivity contribution in [2.45, 2.75) is 38.2 Å². The van der Waals surface area contributed by atoms with Crippen LogP contribution in [0.5, 0.6) is 0 Å². The first-order valence-electron chi connectivity index (χ1n) is 6.58. The topological polar surface area (TPSA) is 80.7 Å². The van der Waals surface area contributed by atoms with E-state index in [1.807, 2.05) is 0 Å². The van der Waals surface area contributed by atoms with Crippen LogP contribution in [-0.2, 0) is 19.6 Å². The summed E-state index contributed by atoms with van der Waals surface area (Å²) >= 11 is 0. The zero-order valence-electron chi connectivity index (χ0n) is 10.1. The van der Waals surface area contributed by atoms with Gasteiger partial charge in [-0.25, -0.2) is 0 Å². The minimum atomic E-state index is -4.27. The molecule has 5 atom stereocenters. The first kappa shape index (κ1) is 12.4. The van der Waals surface area contributed by atoms with Crippen LogP contribution in [0.25, 0.3) is 0 Å². The van der Waals surface area contributed by atoms with Crippen LogP contribution in [0.3, 0.4) is 0 Å². The van der Waals surface area contributed by atoms with Crippen molar-refractivity contribution in [3.05, 3.63) is 0 Å². The number of rotatable bonds is 3. The van der Waals surface area contributed by atoms with Gasteiger partial charge < -0.3 is 4.74 Å². The van der Waals surface area contributed by atoms with Gasteiger partial charge in [-0.05, 0) is 49.4 Å². The fourth-order valence-corrected chi connectivity index (χ4v) is 4.86. The summed E-state index contributed by atoms with van der Waals surface area (Å²) in [5.41, 5.74) is 0. The molecule has 6 heteroatoms. The molecule has 0 aliphatic heterocycles. The molecule has 3 aliphatic rings. The van der Waals surface area contributed by atoms with Crippen molar-refractivity contribution in [2.75, 3.05) is 5.75 Å². The summed E-state index contributed by atoms with van der Waals surface area (Å²) in [6.07, 6.45) is 5.68. The standard InChI is InChI=1S/C12H18O5S/c13-12(6-18(14,15)16)17-11-5-7-4-10(11)9-3-1-2-8(7)9/h7-11H,1-6H2,(H,14,15,16). The molecule has 0 heterocycles. The smallest absolute Gasteiger partial charge is 0.323 e. The fraction of sp³-hybridized carbons (Fsp3) is 0.917. The lowest BCUT2D eigenvalue weighted by molar-refractivity contribution is -0.149. The monoisotopic (exact) mass is 274 g/mol. The van der Waals surface area contributed by atoms with Crippen molar-refractivity contribution in [1.29, 1.82) is 0 Å². The molecule has 3 saturated carbocycles. The quantitative estimate of drug-likeness (QED) is 0.618. The summed E-state index contributed by atoms with van der Waals surface area (Å²) in [4.78, 5) is 11.4. The van der Waals surface area contributed by atoms with E-state index in [0.717, 1.165) is 18.8 Å². The van der Waals surface area contributed by atoms with Gasteiger partial charge >= 0.3 is 5.97 Å². The Morgan fingerprint density at radius 2 is 1.89 bits per heavy atom. The Hall–Kier alpha value is -0.620. The van der Waals surface area contributed by atoms with E-state index in [0.29, 0.717) is 17.8 Å². The number of fused-ring (bicyclic) bond motifs is 5. The van der Waals surface area contributed by atoms with Crippen LogP contribution in [0.2, 0.25) is 0 Å². The second-order valence-corrected chi connectivity index (χ2v) is 7.36. The second-order valence-electron chi connectivity index (χ2n) is 5.91. The number of carbonyl (C=O) groups is 1. The van der Waals surface area contributed by atoms with Crippen LogP contribution in [0.4, 0.5) is 0 Å². The van der Waals surface area contributed by atoms with Gasteiger partial charge in [-0.2, -0.15) is 8.42 Å². The predicted octanol–water partition coefficient (Wildman–Crippen LogP) is 1.24. The molecule has 0 spiro atoms. The highest BCUT2D eigenvalue weighted by molar-refractivity contribution is 7.86. The van der Waals surface area contributed by atoms with E-state index in [-0.39, 0.29) is 6.10 Å². The second kappa shape index (κ2) is 4.20. The molecule has 1 N–H and O–H groups in total. The van der Waals surface area contributed by atoms with Crippen LogP contribution in [0, 0.1) is 23.7 Å². The third-order valence-electron chi connectivity index (χ3n) is 4.95. The Labute approximate surface area is 107 Å². The van der Waals surface area contributed by atoms with Crippen molar-refractivity contribution < 1.29 is 22.5 Å². The van der Waals surface area contributed by atoms with E-state index in [9.17, 15) is 13.2 Å². The molecule has 3 fully saturated rings. The van der Waals surface area contributed by atoms with E-state index in [1.165, 1.54) is 19.3 Å². The summed E-state index contributed by atoms with van der Waals surface area (Å²) < 4.78 is 35.1. The summed E-state index contributed by atoms with van der Waals surface area (Å²) in [7, 11) is -4.27. The van der Waals surface area contributed by atoms with E-state index in [4.69, 9.17) is 9.29 Å². The molecule has 5 unspecified atom stereocenters.